The molecule has 14 heavy (non-hydrogen) atoms. The number of carboxylic acids is 1. The molecule has 5 nitrogen and oxygen atoms in total. The average Bonchev–Trinajstić information content (AvgIpc) is 2.35. The number of hydrogen-bond donors (Lipinski definition) is 2. The monoisotopic (exact) mass is 199 g/mol. The molecule has 5 heteroatoms. The van der Waals surface area contributed by atoms with Gasteiger partial charge in [0.1, 0.15) is 5.60 Å². The molecule has 3 N–H and O–H groups in total. The van der Waals surface area contributed by atoms with Crippen molar-refractivity contribution in [2.24, 2.45) is 17.6 Å². The van der Waals surface area contributed by atoms with Crippen molar-refractivity contribution < 1.29 is 19.4 Å². The van der Waals surface area contributed by atoms with Crippen LogP contribution in [-0.2, 0) is 14.3 Å². The normalized spacial score (nSPS) is 46.1. The molecule has 0 bridgehead atoms. The second-order valence-corrected chi connectivity index (χ2v) is 4.33. The molecule has 2 aliphatic rings. The van der Waals surface area contributed by atoms with Gasteiger partial charge in [0, 0.05) is 18.4 Å². The molecular weight excluding hydrogens is 186 g/mol. The van der Waals surface area contributed by atoms with Crippen LogP contribution in [0.25, 0.3) is 0 Å². The fraction of sp³-hybridized carbons (Fsp3) is 0.778. The Hall–Kier alpha value is -1.10. The van der Waals surface area contributed by atoms with Crippen LogP contribution in [-0.4, -0.2) is 28.7 Å². The van der Waals surface area contributed by atoms with Gasteiger partial charge in [-0.3, -0.25) is 9.59 Å². The topological polar surface area (TPSA) is 89.6 Å². The van der Waals surface area contributed by atoms with Gasteiger partial charge in [-0.15, -0.1) is 0 Å². The summed E-state index contributed by atoms with van der Waals surface area (Å²) < 4.78 is 5.14. The molecule has 1 saturated carbocycles. The van der Waals surface area contributed by atoms with E-state index in [0.29, 0.717) is 6.42 Å². The van der Waals surface area contributed by atoms with Crippen LogP contribution in [0.15, 0.2) is 0 Å². The lowest BCUT2D eigenvalue weighted by Crippen LogP contribution is -2.34. The quantitative estimate of drug-likeness (QED) is 0.568. The molecule has 0 aromatic carbocycles. The van der Waals surface area contributed by atoms with Gasteiger partial charge in [-0.1, -0.05) is 0 Å². The Morgan fingerprint density at radius 1 is 1.71 bits per heavy atom. The lowest BCUT2D eigenvalue weighted by molar-refractivity contribution is -0.148. The van der Waals surface area contributed by atoms with Crippen LogP contribution in [0.2, 0.25) is 0 Å². The summed E-state index contributed by atoms with van der Waals surface area (Å²) in [6.45, 7) is 1.77. The lowest BCUT2D eigenvalue weighted by atomic mass is 9.86. The number of hydrogen-bond acceptors (Lipinski definition) is 4. The third-order valence-corrected chi connectivity index (χ3v) is 3.34. The number of rotatable bonds is 1. The number of carbonyl (C=O) groups excluding carboxylic acids is 1. The number of ether oxygens (including phenoxy) is 1. The molecule has 0 spiro atoms. The van der Waals surface area contributed by atoms with Crippen molar-refractivity contribution in [1.82, 2.24) is 0 Å². The van der Waals surface area contributed by atoms with Gasteiger partial charge in [-0.05, 0) is 6.92 Å². The van der Waals surface area contributed by atoms with E-state index in [0.717, 1.165) is 0 Å². The van der Waals surface area contributed by atoms with Gasteiger partial charge >= 0.3 is 11.9 Å². The van der Waals surface area contributed by atoms with Crippen molar-refractivity contribution in [3.05, 3.63) is 0 Å². The zero-order chi connectivity index (χ0) is 10.5. The molecule has 4 unspecified atom stereocenters. The molecule has 0 aromatic heterocycles. The van der Waals surface area contributed by atoms with Crippen LogP contribution in [0.4, 0.5) is 0 Å². The minimum Gasteiger partial charge on any atom is -0.481 e. The first-order valence-electron chi connectivity index (χ1n) is 4.64. The fourth-order valence-corrected chi connectivity index (χ4v) is 2.72. The summed E-state index contributed by atoms with van der Waals surface area (Å²) in [7, 11) is 0. The van der Waals surface area contributed by atoms with Gasteiger partial charge in [0.15, 0.2) is 0 Å². The first-order valence-corrected chi connectivity index (χ1v) is 4.64. The molecular formula is C9H13NO4. The number of aliphatic carboxylic acids is 1. The fourth-order valence-electron chi connectivity index (χ4n) is 2.72. The van der Waals surface area contributed by atoms with Gasteiger partial charge in [-0.25, -0.2) is 0 Å². The summed E-state index contributed by atoms with van der Waals surface area (Å²) >= 11 is 0. The standard InChI is InChI=1S/C9H13NO4/c1-9-3-5(10)7(8(12)13)4(9)2-6(11)14-9/h4-5,7H,2-3,10H2,1H3,(H,12,13). The van der Waals surface area contributed by atoms with Crippen LogP contribution < -0.4 is 5.73 Å². The highest BCUT2D eigenvalue weighted by Gasteiger charge is 2.59. The number of carbonyl (C=O) groups is 2. The van der Waals surface area contributed by atoms with Crippen LogP contribution in [0.3, 0.4) is 0 Å². The van der Waals surface area contributed by atoms with Gasteiger partial charge in [-0.2, -0.15) is 0 Å². The largest absolute Gasteiger partial charge is 0.481 e. The third-order valence-electron chi connectivity index (χ3n) is 3.34. The summed E-state index contributed by atoms with van der Waals surface area (Å²) in [5.41, 5.74) is 5.08. The van der Waals surface area contributed by atoms with Crippen molar-refractivity contribution in [1.29, 1.82) is 0 Å². The Bertz CT molecular complexity index is 303. The highest BCUT2D eigenvalue weighted by molar-refractivity contribution is 5.78. The van der Waals surface area contributed by atoms with E-state index in [1.165, 1.54) is 0 Å². The smallest absolute Gasteiger partial charge is 0.308 e. The molecule has 2 rings (SSSR count). The summed E-state index contributed by atoms with van der Waals surface area (Å²) in [4.78, 5) is 22.0. The average molecular weight is 199 g/mol. The van der Waals surface area contributed by atoms with E-state index in [1.54, 1.807) is 6.92 Å². The number of nitrogens with two attached hydrogens (primary N) is 1. The van der Waals surface area contributed by atoms with Crippen molar-refractivity contribution in [2.45, 2.75) is 31.4 Å². The molecule has 0 radical (unpaired) electrons. The van der Waals surface area contributed by atoms with E-state index >= 15 is 0 Å². The van der Waals surface area contributed by atoms with Crippen LogP contribution >= 0.6 is 0 Å². The molecule has 1 aliphatic carbocycles. The minimum atomic E-state index is -0.926. The Morgan fingerprint density at radius 2 is 2.36 bits per heavy atom. The molecule has 1 saturated heterocycles. The van der Waals surface area contributed by atoms with Crippen molar-refractivity contribution in [2.75, 3.05) is 0 Å². The minimum absolute atomic E-state index is 0.182. The maximum absolute atomic E-state index is 11.1. The Kier molecular flexibility index (Phi) is 1.82. The summed E-state index contributed by atoms with van der Waals surface area (Å²) in [6, 6.07) is -0.407. The number of carboxylic acid groups (broad SMARTS) is 1. The summed E-state index contributed by atoms with van der Waals surface area (Å²) in [5, 5.41) is 8.98. The van der Waals surface area contributed by atoms with Gasteiger partial charge in [0.05, 0.1) is 12.3 Å². The van der Waals surface area contributed by atoms with Gasteiger partial charge in [0.2, 0.25) is 0 Å². The van der Waals surface area contributed by atoms with Crippen LogP contribution in [0.5, 0.6) is 0 Å². The number of fused-ring (bicyclic) bond motifs is 1. The molecule has 78 valence electrons. The van der Waals surface area contributed by atoms with Crippen molar-refractivity contribution >= 4 is 11.9 Å². The first kappa shape index (κ1) is 9.45. The Balaban J connectivity index is 2.30. The molecule has 0 amide bonds. The predicted octanol–water partition coefficient (Wildman–Crippen LogP) is -0.260. The first-order chi connectivity index (χ1) is 6.44. The second kappa shape index (κ2) is 2.70. The maximum Gasteiger partial charge on any atom is 0.308 e. The Labute approximate surface area is 81.2 Å². The third kappa shape index (κ3) is 1.12. The molecule has 0 aromatic rings. The van der Waals surface area contributed by atoms with E-state index in [-0.39, 0.29) is 18.3 Å². The predicted molar refractivity (Wildman–Crippen MR) is 46.3 cm³/mol. The van der Waals surface area contributed by atoms with Crippen LogP contribution in [0.1, 0.15) is 19.8 Å². The van der Waals surface area contributed by atoms with E-state index in [1.807, 2.05) is 0 Å². The van der Waals surface area contributed by atoms with Gasteiger partial charge in [0.25, 0.3) is 0 Å². The Morgan fingerprint density at radius 3 is 2.93 bits per heavy atom. The van der Waals surface area contributed by atoms with Crippen molar-refractivity contribution in [3.63, 3.8) is 0 Å². The SMILES string of the molecule is CC12CC(N)C(C(=O)O)C1CC(=O)O2. The maximum atomic E-state index is 11.1. The van der Waals surface area contributed by atoms with Crippen molar-refractivity contribution in [3.8, 4) is 0 Å². The highest BCUT2D eigenvalue weighted by atomic mass is 16.6. The second-order valence-electron chi connectivity index (χ2n) is 4.33. The molecule has 4 atom stereocenters. The van der Waals surface area contributed by atoms with Gasteiger partial charge < -0.3 is 15.6 Å². The van der Waals surface area contributed by atoms with E-state index in [2.05, 4.69) is 0 Å². The molecule has 1 heterocycles. The number of esters is 1. The van der Waals surface area contributed by atoms with E-state index in [9.17, 15) is 9.59 Å². The summed E-state index contributed by atoms with van der Waals surface area (Å²) in [5.74, 6) is -2.14. The zero-order valence-electron chi connectivity index (χ0n) is 7.90. The zero-order valence-corrected chi connectivity index (χ0v) is 7.90. The molecule has 2 fully saturated rings. The lowest BCUT2D eigenvalue weighted by Gasteiger charge is -2.22. The van der Waals surface area contributed by atoms with E-state index in [4.69, 9.17) is 15.6 Å². The highest BCUT2D eigenvalue weighted by Crippen LogP contribution is 2.48. The van der Waals surface area contributed by atoms with E-state index < -0.39 is 23.5 Å². The summed E-state index contributed by atoms with van der Waals surface area (Å²) in [6.07, 6.45) is 0.627. The molecule has 1 aliphatic heterocycles. The van der Waals surface area contributed by atoms with Crippen LogP contribution in [0, 0.1) is 11.8 Å².